The zero-order valence-electron chi connectivity index (χ0n) is 13.9. The third-order valence-electron chi connectivity index (χ3n) is 3.53. The number of aromatic nitrogens is 2. The van der Waals surface area contributed by atoms with Crippen molar-refractivity contribution in [3.8, 4) is 10.4 Å². The Balaban J connectivity index is 1.86. The lowest BCUT2D eigenvalue weighted by molar-refractivity contribution is -0.119. The highest BCUT2D eigenvalue weighted by Gasteiger charge is 2.20. The Labute approximate surface area is 157 Å². The van der Waals surface area contributed by atoms with Crippen molar-refractivity contribution < 1.29 is 14.0 Å². The molecule has 2 N–H and O–H groups in total. The van der Waals surface area contributed by atoms with Gasteiger partial charge < -0.3 is 5.32 Å². The SMILES string of the molecule is CNC(=O)NC(=O)[C@@H](C)Sc1ncnc2cc(-c3ccc(F)cc3)sc12. The maximum atomic E-state index is 13.1. The zero-order valence-corrected chi connectivity index (χ0v) is 15.6. The Morgan fingerprint density at radius 2 is 1.96 bits per heavy atom. The minimum Gasteiger partial charge on any atom is -0.341 e. The lowest BCUT2D eigenvalue weighted by atomic mass is 10.2. The molecule has 0 radical (unpaired) electrons. The molecule has 0 unspecified atom stereocenters. The molecular weight excluding hydrogens is 375 g/mol. The summed E-state index contributed by atoms with van der Waals surface area (Å²) in [4.78, 5) is 32.8. The van der Waals surface area contributed by atoms with E-state index in [0.29, 0.717) is 5.03 Å². The number of benzene rings is 1. The quantitative estimate of drug-likeness (QED) is 0.527. The van der Waals surface area contributed by atoms with Crippen LogP contribution in [0.25, 0.3) is 20.7 Å². The fourth-order valence-electron chi connectivity index (χ4n) is 2.17. The van der Waals surface area contributed by atoms with Crippen molar-refractivity contribution in [1.29, 1.82) is 0 Å². The second-order valence-electron chi connectivity index (χ2n) is 5.34. The molecule has 3 aromatic rings. The predicted octanol–water partition coefficient (Wildman–Crippen LogP) is 3.43. The van der Waals surface area contributed by atoms with E-state index in [9.17, 15) is 14.0 Å². The van der Waals surface area contributed by atoms with Crippen molar-refractivity contribution in [2.75, 3.05) is 7.05 Å². The number of halogens is 1. The minimum atomic E-state index is -0.551. The summed E-state index contributed by atoms with van der Waals surface area (Å²) in [7, 11) is 1.44. The predicted molar refractivity (Wildman–Crippen MR) is 101 cm³/mol. The fraction of sp³-hybridized carbons (Fsp3) is 0.176. The third kappa shape index (κ3) is 4.00. The van der Waals surface area contributed by atoms with Crippen LogP contribution in [0.2, 0.25) is 0 Å². The van der Waals surface area contributed by atoms with Crippen LogP contribution in [0.1, 0.15) is 6.92 Å². The topological polar surface area (TPSA) is 84.0 Å². The molecule has 0 fully saturated rings. The molecule has 0 saturated heterocycles. The van der Waals surface area contributed by atoms with Gasteiger partial charge in [-0.05, 0) is 30.7 Å². The van der Waals surface area contributed by atoms with Gasteiger partial charge >= 0.3 is 6.03 Å². The van der Waals surface area contributed by atoms with Crippen LogP contribution in [0.3, 0.4) is 0 Å². The van der Waals surface area contributed by atoms with Crippen LogP contribution in [0, 0.1) is 5.82 Å². The average molecular weight is 390 g/mol. The van der Waals surface area contributed by atoms with Gasteiger partial charge in [0.05, 0.1) is 15.5 Å². The molecule has 0 aliphatic rings. The highest BCUT2D eigenvalue weighted by Crippen LogP contribution is 2.38. The lowest BCUT2D eigenvalue weighted by Crippen LogP contribution is -2.41. The number of nitrogens with one attached hydrogen (secondary N) is 2. The maximum Gasteiger partial charge on any atom is 0.321 e. The molecule has 1 aromatic carbocycles. The van der Waals surface area contributed by atoms with Crippen molar-refractivity contribution >= 4 is 45.3 Å². The Morgan fingerprint density at radius 3 is 2.65 bits per heavy atom. The molecule has 0 bridgehead atoms. The molecular formula is C17H15FN4O2S2. The summed E-state index contributed by atoms with van der Waals surface area (Å²) in [5, 5.41) is 4.74. The van der Waals surface area contributed by atoms with E-state index in [4.69, 9.17) is 0 Å². The van der Waals surface area contributed by atoms with E-state index < -0.39 is 17.2 Å². The summed E-state index contributed by atoms with van der Waals surface area (Å²) in [6.45, 7) is 1.70. The molecule has 3 rings (SSSR count). The number of hydrogen-bond donors (Lipinski definition) is 2. The number of thiophene rings is 1. The number of carbonyl (C=O) groups excluding carboxylic acids is 2. The summed E-state index contributed by atoms with van der Waals surface area (Å²) >= 11 is 2.73. The monoisotopic (exact) mass is 390 g/mol. The molecule has 6 nitrogen and oxygen atoms in total. The van der Waals surface area contributed by atoms with Gasteiger partial charge in [-0.15, -0.1) is 11.3 Å². The first-order valence-corrected chi connectivity index (χ1v) is 9.37. The highest BCUT2D eigenvalue weighted by atomic mass is 32.2. The van der Waals surface area contributed by atoms with E-state index in [2.05, 4.69) is 20.6 Å². The van der Waals surface area contributed by atoms with E-state index in [1.807, 2.05) is 6.07 Å². The van der Waals surface area contributed by atoms with Crippen molar-refractivity contribution in [1.82, 2.24) is 20.6 Å². The van der Waals surface area contributed by atoms with Gasteiger partial charge in [0.2, 0.25) is 5.91 Å². The van der Waals surface area contributed by atoms with Crippen LogP contribution in [0.15, 0.2) is 41.7 Å². The number of hydrogen-bond acceptors (Lipinski definition) is 6. The molecule has 9 heteroatoms. The van der Waals surface area contributed by atoms with E-state index in [1.54, 1.807) is 19.1 Å². The third-order valence-corrected chi connectivity index (χ3v) is 5.94. The van der Waals surface area contributed by atoms with Gasteiger partial charge in [0, 0.05) is 11.9 Å². The van der Waals surface area contributed by atoms with Crippen LogP contribution in [-0.4, -0.2) is 34.2 Å². The number of thioether (sulfide) groups is 1. The largest absolute Gasteiger partial charge is 0.341 e. The molecule has 0 saturated carbocycles. The summed E-state index contributed by atoms with van der Waals surface area (Å²) in [6, 6.07) is 7.59. The number of carbonyl (C=O) groups is 2. The number of imide groups is 1. The Hall–Kier alpha value is -2.52. The smallest absolute Gasteiger partial charge is 0.321 e. The number of urea groups is 1. The molecule has 2 heterocycles. The summed E-state index contributed by atoms with van der Waals surface area (Å²) < 4.78 is 14.0. The van der Waals surface area contributed by atoms with Gasteiger partial charge in [0.1, 0.15) is 17.2 Å². The average Bonchev–Trinajstić information content (AvgIpc) is 3.07. The zero-order chi connectivity index (χ0) is 18.7. The molecule has 1 atom stereocenters. The minimum absolute atomic E-state index is 0.290. The van der Waals surface area contributed by atoms with Gasteiger partial charge in [-0.25, -0.2) is 19.2 Å². The fourth-order valence-corrected chi connectivity index (χ4v) is 4.26. The summed E-state index contributed by atoms with van der Waals surface area (Å²) in [5.41, 5.74) is 1.64. The highest BCUT2D eigenvalue weighted by molar-refractivity contribution is 8.00. The number of fused-ring (bicyclic) bond motifs is 1. The van der Waals surface area contributed by atoms with Gasteiger partial charge in [-0.2, -0.15) is 0 Å². The van der Waals surface area contributed by atoms with Crippen LogP contribution >= 0.6 is 23.1 Å². The first-order chi connectivity index (χ1) is 12.5. The maximum absolute atomic E-state index is 13.1. The second kappa shape index (κ2) is 7.79. The van der Waals surface area contributed by atoms with Gasteiger partial charge in [0.25, 0.3) is 0 Å². The number of nitrogens with zero attached hydrogens (tertiary/aromatic N) is 2. The molecule has 0 spiro atoms. The Morgan fingerprint density at radius 1 is 1.23 bits per heavy atom. The molecule has 26 heavy (non-hydrogen) atoms. The van der Waals surface area contributed by atoms with Crippen molar-refractivity contribution in [3.05, 3.63) is 42.5 Å². The molecule has 3 amide bonds. The van der Waals surface area contributed by atoms with Crippen LogP contribution < -0.4 is 10.6 Å². The standard InChI is InChI=1S/C17H15FN4O2S2/c1-9(15(23)22-17(24)19-2)25-16-14-12(20-8-21-16)7-13(26-14)10-3-5-11(18)6-4-10/h3-9H,1-2H3,(H2,19,22,23,24)/t9-/m1/s1. The molecule has 134 valence electrons. The van der Waals surface area contributed by atoms with Gasteiger partial charge in [-0.1, -0.05) is 23.9 Å². The molecule has 2 aromatic heterocycles. The first-order valence-electron chi connectivity index (χ1n) is 7.67. The van der Waals surface area contributed by atoms with Crippen molar-refractivity contribution in [2.24, 2.45) is 0 Å². The van der Waals surface area contributed by atoms with E-state index in [0.717, 1.165) is 20.7 Å². The van der Waals surface area contributed by atoms with Crippen LogP contribution in [-0.2, 0) is 4.79 Å². The normalized spacial score (nSPS) is 12.0. The van der Waals surface area contributed by atoms with Gasteiger partial charge in [-0.3, -0.25) is 10.1 Å². The number of rotatable bonds is 4. The first kappa shape index (κ1) is 18.3. The molecule has 0 aliphatic heterocycles. The van der Waals surface area contributed by atoms with Crippen molar-refractivity contribution in [3.63, 3.8) is 0 Å². The Bertz CT molecular complexity index is 959. The van der Waals surface area contributed by atoms with E-state index in [-0.39, 0.29) is 5.82 Å². The van der Waals surface area contributed by atoms with Crippen LogP contribution in [0.5, 0.6) is 0 Å². The summed E-state index contributed by atoms with van der Waals surface area (Å²) in [5.74, 6) is -0.696. The van der Waals surface area contributed by atoms with E-state index in [1.165, 1.54) is 48.6 Å². The number of amides is 3. The second-order valence-corrected chi connectivity index (χ2v) is 7.72. The summed E-state index contributed by atoms with van der Waals surface area (Å²) in [6.07, 6.45) is 1.44. The Kier molecular flexibility index (Phi) is 5.48. The van der Waals surface area contributed by atoms with Gasteiger partial charge in [0.15, 0.2) is 0 Å². The van der Waals surface area contributed by atoms with Crippen LogP contribution in [0.4, 0.5) is 9.18 Å². The van der Waals surface area contributed by atoms with Crippen molar-refractivity contribution in [2.45, 2.75) is 17.2 Å². The molecule has 0 aliphatic carbocycles. The lowest BCUT2D eigenvalue weighted by Gasteiger charge is -2.10. The van der Waals surface area contributed by atoms with E-state index >= 15 is 0 Å².